The molecule has 0 aromatic carbocycles. The van der Waals surface area contributed by atoms with Crippen molar-refractivity contribution in [3.63, 3.8) is 0 Å². The van der Waals surface area contributed by atoms with Crippen LogP contribution >= 0.6 is 23.2 Å². The molecule has 1 N–H and O–H groups in total. The van der Waals surface area contributed by atoms with Crippen molar-refractivity contribution in [3.8, 4) is 0 Å². The smallest absolute Gasteiger partial charge is 0.244 e. The zero-order valence-electron chi connectivity index (χ0n) is 9.26. The molecule has 96 valence electrons. The standard InChI is InChI=1S/C9H12Cl2N2O3S/c1-6(14)5-13(2)17(15,16)7-3-8(10)9(11)12-4-7/h3-4,6,14H,5H2,1-2H3. The predicted octanol–water partition coefficient (Wildman–Crippen LogP) is 1.39. The molecule has 0 fully saturated rings. The minimum Gasteiger partial charge on any atom is -0.392 e. The molecular formula is C9H12Cl2N2O3S. The summed E-state index contributed by atoms with van der Waals surface area (Å²) in [4.78, 5) is 3.61. The first-order valence-electron chi connectivity index (χ1n) is 4.70. The van der Waals surface area contributed by atoms with Crippen molar-refractivity contribution < 1.29 is 13.5 Å². The summed E-state index contributed by atoms with van der Waals surface area (Å²) in [5.74, 6) is 0. The zero-order chi connectivity index (χ0) is 13.2. The summed E-state index contributed by atoms with van der Waals surface area (Å²) in [7, 11) is -2.34. The van der Waals surface area contributed by atoms with Gasteiger partial charge >= 0.3 is 0 Å². The van der Waals surface area contributed by atoms with Crippen LogP contribution in [0.1, 0.15) is 6.92 Å². The Hall–Kier alpha value is -0.400. The summed E-state index contributed by atoms with van der Waals surface area (Å²) in [5.41, 5.74) is 0. The van der Waals surface area contributed by atoms with Crippen LogP contribution in [0.25, 0.3) is 0 Å². The van der Waals surface area contributed by atoms with Gasteiger partial charge in [0.1, 0.15) is 10.0 Å². The number of likely N-dealkylation sites (N-methyl/N-ethyl adjacent to an activating group) is 1. The lowest BCUT2D eigenvalue weighted by atomic mass is 10.4. The van der Waals surface area contributed by atoms with Gasteiger partial charge in [0.2, 0.25) is 10.0 Å². The molecule has 8 heteroatoms. The molecular weight excluding hydrogens is 287 g/mol. The number of rotatable bonds is 4. The highest BCUT2D eigenvalue weighted by Crippen LogP contribution is 2.23. The van der Waals surface area contributed by atoms with Gasteiger partial charge in [-0.25, -0.2) is 13.4 Å². The van der Waals surface area contributed by atoms with Crippen LogP contribution in [-0.2, 0) is 10.0 Å². The quantitative estimate of drug-likeness (QED) is 0.853. The highest BCUT2D eigenvalue weighted by atomic mass is 35.5. The highest BCUT2D eigenvalue weighted by Gasteiger charge is 2.23. The average molecular weight is 299 g/mol. The fourth-order valence-electron chi connectivity index (χ4n) is 1.19. The van der Waals surface area contributed by atoms with Gasteiger partial charge in [0.15, 0.2) is 0 Å². The molecule has 0 amide bonds. The molecule has 0 spiro atoms. The molecule has 0 saturated heterocycles. The molecule has 1 rings (SSSR count). The van der Waals surface area contributed by atoms with Gasteiger partial charge in [-0.05, 0) is 13.0 Å². The third kappa shape index (κ3) is 3.53. The fourth-order valence-corrected chi connectivity index (χ4v) is 2.75. The van der Waals surface area contributed by atoms with E-state index in [0.29, 0.717) is 0 Å². The highest BCUT2D eigenvalue weighted by molar-refractivity contribution is 7.89. The number of hydrogen-bond donors (Lipinski definition) is 1. The van der Waals surface area contributed by atoms with E-state index in [0.717, 1.165) is 10.5 Å². The van der Waals surface area contributed by atoms with E-state index in [1.165, 1.54) is 20.0 Å². The van der Waals surface area contributed by atoms with Crippen molar-refractivity contribution in [2.24, 2.45) is 0 Å². The first-order chi connectivity index (χ1) is 7.75. The van der Waals surface area contributed by atoms with Gasteiger partial charge in [0.05, 0.1) is 11.1 Å². The van der Waals surface area contributed by atoms with Crippen molar-refractivity contribution in [1.82, 2.24) is 9.29 Å². The number of sulfonamides is 1. The van der Waals surface area contributed by atoms with E-state index in [1.807, 2.05) is 0 Å². The van der Waals surface area contributed by atoms with Crippen molar-refractivity contribution >= 4 is 33.2 Å². The van der Waals surface area contributed by atoms with Gasteiger partial charge < -0.3 is 5.11 Å². The second-order valence-electron chi connectivity index (χ2n) is 3.58. The Labute approximate surface area is 110 Å². The van der Waals surface area contributed by atoms with Crippen LogP contribution < -0.4 is 0 Å². The van der Waals surface area contributed by atoms with Crippen LogP contribution in [0.15, 0.2) is 17.2 Å². The van der Waals surface area contributed by atoms with Gasteiger partial charge in [-0.15, -0.1) is 0 Å². The van der Waals surface area contributed by atoms with Crippen LogP contribution in [-0.4, -0.2) is 42.5 Å². The first kappa shape index (κ1) is 14.7. The molecule has 1 aromatic rings. The maximum atomic E-state index is 12.0. The maximum Gasteiger partial charge on any atom is 0.244 e. The molecule has 1 unspecified atom stereocenters. The van der Waals surface area contributed by atoms with Crippen LogP contribution in [0.5, 0.6) is 0 Å². The normalized spacial score (nSPS) is 14.0. The van der Waals surface area contributed by atoms with Gasteiger partial charge in [0.25, 0.3) is 0 Å². The Morgan fingerprint density at radius 2 is 2.12 bits per heavy atom. The molecule has 0 saturated carbocycles. The number of pyridine rings is 1. The molecule has 1 atom stereocenters. The van der Waals surface area contributed by atoms with Gasteiger partial charge in [-0.1, -0.05) is 23.2 Å². The summed E-state index contributed by atoms with van der Waals surface area (Å²) >= 11 is 11.3. The van der Waals surface area contributed by atoms with Crippen molar-refractivity contribution in [3.05, 3.63) is 22.4 Å². The number of aliphatic hydroxyl groups is 1. The number of halogens is 2. The Kier molecular flexibility index (Phi) is 4.74. The molecule has 1 aromatic heterocycles. The number of nitrogens with zero attached hydrogens (tertiary/aromatic N) is 2. The molecule has 1 heterocycles. The van der Waals surface area contributed by atoms with E-state index in [-0.39, 0.29) is 21.6 Å². The Morgan fingerprint density at radius 1 is 1.53 bits per heavy atom. The van der Waals surface area contributed by atoms with E-state index in [4.69, 9.17) is 28.3 Å². The van der Waals surface area contributed by atoms with Crippen LogP contribution in [0, 0.1) is 0 Å². The number of hydrogen-bond acceptors (Lipinski definition) is 4. The van der Waals surface area contributed by atoms with Gasteiger partial charge in [-0.2, -0.15) is 4.31 Å². The molecule has 0 aliphatic rings. The lowest BCUT2D eigenvalue weighted by Crippen LogP contribution is -2.33. The Morgan fingerprint density at radius 3 is 2.59 bits per heavy atom. The predicted molar refractivity (Wildman–Crippen MR) is 65.8 cm³/mol. The minimum absolute atomic E-state index is 0.0113. The molecule has 0 aliphatic carbocycles. The number of aromatic nitrogens is 1. The molecule has 0 bridgehead atoms. The average Bonchev–Trinajstić information content (AvgIpc) is 2.20. The van der Waals surface area contributed by atoms with Crippen LogP contribution in [0.4, 0.5) is 0 Å². The van der Waals surface area contributed by atoms with E-state index in [2.05, 4.69) is 4.98 Å². The summed E-state index contributed by atoms with van der Waals surface area (Å²) in [5, 5.41) is 9.28. The monoisotopic (exact) mass is 298 g/mol. The lowest BCUT2D eigenvalue weighted by molar-refractivity contribution is 0.171. The van der Waals surface area contributed by atoms with E-state index in [1.54, 1.807) is 0 Å². The minimum atomic E-state index is -3.71. The summed E-state index contributed by atoms with van der Waals surface area (Å²) in [6.07, 6.45) is 0.368. The van der Waals surface area contributed by atoms with Crippen LogP contribution in [0.2, 0.25) is 10.2 Å². The molecule has 17 heavy (non-hydrogen) atoms. The second kappa shape index (κ2) is 5.49. The van der Waals surface area contributed by atoms with Gasteiger partial charge in [0, 0.05) is 19.8 Å². The summed E-state index contributed by atoms with van der Waals surface area (Å²) < 4.78 is 25.0. The topological polar surface area (TPSA) is 70.5 Å². The van der Waals surface area contributed by atoms with E-state index in [9.17, 15) is 8.42 Å². The maximum absolute atomic E-state index is 12.0. The lowest BCUT2D eigenvalue weighted by Gasteiger charge is -2.18. The Bertz CT molecular complexity index is 505. The van der Waals surface area contributed by atoms with Gasteiger partial charge in [-0.3, -0.25) is 0 Å². The van der Waals surface area contributed by atoms with Crippen molar-refractivity contribution in [2.75, 3.05) is 13.6 Å². The Balaban J connectivity index is 3.09. The van der Waals surface area contributed by atoms with Crippen molar-refractivity contribution in [1.29, 1.82) is 0 Å². The second-order valence-corrected chi connectivity index (χ2v) is 6.39. The molecule has 0 radical (unpaired) electrons. The summed E-state index contributed by atoms with van der Waals surface area (Å²) in [6.45, 7) is 1.49. The molecule has 0 aliphatic heterocycles. The van der Waals surface area contributed by atoms with E-state index < -0.39 is 16.1 Å². The zero-order valence-corrected chi connectivity index (χ0v) is 11.6. The van der Waals surface area contributed by atoms with E-state index >= 15 is 0 Å². The first-order valence-corrected chi connectivity index (χ1v) is 6.90. The fraction of sp³-hybridized carbons (Fsp3) is 0.444. The number of aliphatic hydroxyl groups excluding tert-OH is 1. The third-order valence-corrected chi connectivity index (χ3v) is 4.48. The third-order valence-electron chi connectivity index (χ3n) is 2.00. The van der Waals surface area contributed by atoms with Crippen molar-refractivity contribution in [2.45, 2.75) is 17.9 Å². The molecule has 5 nitrogen and oxygen atoms in total. The summed E-state index contributed by atoms with van der Waals surface area (Å²) in [6, 6.07) is 1.23. The largest absolute Gasteiger partial charge is 0.392 e. The SMILES string of the molecule is CC(O)CN(C)S(=O)(=O)c1cnc(Cl)c(Cl)c1. The van der Waals surface area contributed by atoms with Crippen LogP contribution in [0.3, 0.4) is 0 Å².